The average molecular weight is 270 g/mol. The second-order valence-electron chi connectivity index (χ2n) is 4.52. The van der Waals surface area contributed by atoms with Crippen molar-refractivity contribution in [3.8, 4) is 5.75 Å². The number of rotatable bonds is 3. The molecular weight excluding hydrogens is 256 g/mol. The van der Waals surface area contributed by atoms with Gasteiger partial charge in [0, 0.05) is 16.7 Å². The van der Waals surface area contributed by atoms with Crippen LogP contribution in [-0.2, 0) is 9.59 Å². The van der Waals surface area contributed by atoms with Crippen LogP contribution in [0.15, 0.2) is 29.4 Å². The molecular formula is C15H14N2O3. The highest BCUT2D eigenvalue weighted by Crippen LogP contribution is 2.38. The van der Waals surface area contributed by atoms with E-state index < -0.39 is 0 Å². The van der Waals surface area contributed by atoms with Crippen LogP contribution in [0.25, 0.3) is 5.57 Å². The SMILES string of the molecule is COc1c(C2=CC(=O)C=CC2=O)cc(C)c(N=N)c1C. The van der Waals surface area contributed by atoms with Gasteiger partial charge in [-0.25, -0.2) is 5.53 Å². The summed E-state index contributed by atoms with van der Waals surface area (Å²) in [6.45, 7) is 3.57. The zero-order valence-corrected chi connectivity index (χ0v) is 11.5. The van der Waals surface area contributed by atoms with E-state index in [2.05, 4.69) is 5.11 Å². The minimum Gasteiger partial charge on any atom is -0.496 e. The fourth-order valence-electron chi connectivity index (χ4n) is 2.31. The number of aryl methyl sites for hydroxylation is 1. The zero-order valence-electron chi connectivity index (χ0n) is 11.5. The first-order valence-corrected chi connectivity index (χ1v) is 6.03. The molecule has 0 aliphatic heterocycles. The maximum absolute atomic E-state index is 12.0. The van der Waals surface area contributed by atoms with E-state index >= 15 is 0 Å². The highest BCUT2D eigenvalue weighted by Gasteiger charge is 2.22. The van der Waals surface area contributed by atoms with E-state index in [-0.39, 0.29) is 11.6 Å². The van der Waals surface area contributed by atoms with E-state index in [9.17, 15) is 9.59 Å². The topological polar surface area (TPSA) is 79.6 Å². The number of allylic oxidation sites excluding steroid dienone is 4. The lowest BCUT2D eigenvalue weighted by molar-refractivity contribution is -0.113. The molecule has 1 aromatic carbocycles. The second kappa shape index (κ2) is 5.21. The van der Waals surface area contributed by atoms with Gasteiger partial charge in [-0.2, -0.15) is 5.11 Å². The minimum atomic E-state index is -0.239. The van der Waals surface area contributed by atoms with Crippen LogP contribution in [0.2, 0.25) is 0 Å². The lowest BCUT2D eigenvalue weighted by Crippen LogP contribution is -2.08. The van der Waals surface area contributed by atoms with Crippen molar-refractivity contribution < 1.29 is 14.3 Å². The van der Waals surface area contributed by atoms with Crippen molar-refractivity contribution in [2.45, 2.75) is 13.8 Å². The summed E-state index contributed by atoms with van der Waals surface area (Å²) >= 11 is 0. The van der Waals surface area contributed by atoms with Crippen LogP contribution in [0.5, 0.6) is 5.75 Å². The van der Waals surface area contributed by atoms with Gasteiger partial charge in [0.1, 0.15) is 5.75 Å². The number of nitrogens with zero attached hydrogens (tertiary/aromatic N) is 1. The molecule has 0 radical (unpaired) electrons. The fraction of sp³-hybridized carbons (Fsp3) is 0.200. The van der Waals surface area contributed by atoms with E-state index in [0.29, 0.717) is 28.1 Å². The smallest absolute Gasteiger partial charge is 0.186 e. The Morgan fingerprint density at radius 1 is 1.20 bits per heavy atom. The standard InChI is InChI=1S/C15H14N2O3/c1-8-6-12(11-7-10(18)4-5-13(11)19)15(20-3)9(2)14(8)17-16/h4-7,16H,1-3H3. The highest BCUT2D eigenvalue weighted by atomic mass is 16.5. The number of carbonyl (C=O) groups excluding carboxylic acids is 2. The molecule has 1 N–H and O–H groups in total. The van der Waals surface area contributed by atoms with Gasteiger partial charge in [0.25, 0.3) is 0 Å². The summed E-state index contributed by atoms with van der Waals surface area (Å²) in [4.78, 5) is 23.4. The second-order valence-corrected chi connectivity index (χ2v) is 4.52. The average Bonchev–Trinajstić information content (AvgIpc) is 2.41. The summed E-state index contributed by atoms with van der Waals surface area (Å²) in [6, 6.07) is 1.72. The first-order chi connectivity index (χ1) is 9.49. The van der Waals surface area contributed by atoms with E-state index in [1.807, 2.05) is 0 Å². The van der Waals surface area contributed by atoms with Gasteiger partial charge in [-0.1, -0.05) is 0 Å². The van der Waals surface area contributed by atoms with Gasteiger partial charge in [0.2, 0.25) is 0 Å². The summed E-state index contributed by atoms with van der Waals surface area (Å²) in [5.74, 6) is -0.00669. The third kappa shape index (κ3) is 2.18. The van der Waals surface area contributed by atoms with Gasteiger partial charge >= 0.3 is 0 Å². The Bertz CT molecular complexity index is 685. The molecule has 2 rings (SSSR count). The molecule has 0 aromatic heterocycles. The van der Waals surface area contributed by atoms with Crippen LogP contribution in [0.3, 0.4) is 0 Å². The quantitative estimate of drug-likeness (QED) is 0.677. The Kier molecular flexibility index (Phi) is 3.61. The monoisotopic (exact) mass is 270 g/mol. The number of ether oxygens (including phenoxy) is 1. The molecule has 0 unspecified atom stereocenters. The highest BCUT2D eigenvalue weighted by molar-refractivity contribution is 6.34. The molecule has 0 heterocycles. The van der Waals surface area contributed by atoms with E-state index in [0.717, 1.165) is 5.56 Å². The van der Waals surface area contributed by atoms with Crippen LogP contribution < -0.4 is 4.74 Å². The Balaban J connectivity index is 2.72. The fourth-order valence-corrected chi connectivity index (χ4v) is 2.31. The number of methoxy groups -OCH3 is 1. The Labute approximate surface area is 116 Å². The van der Waals surface area contributed by atoms with Gasteiger partial charge in [-0.15, -0.1) is 0 Å². The normalized spacial score (nSPS) is 14.2. The predicted octanol–water partition coefficient (Wildman–Crippen LogP) is 3.07. The van der Waals surface area contributed by atoms with Crippen LogP contribution in [0.1, 0.15) is 16.7 Å². The number of hydrogen-bond donors (Lipinski definition) is 1. The number of benzene rings is 1. The molecule has 0 spiro atoms. The Morgan fingerprint density at radius 2 is 1.90 bits per heavy atom. The lowest BCUT2D eigenvalue weighted by atomic mass is 9.92. The first-order valence-electron chi connectivity index (χ1n) is 6.03. The van der Waals surface area contributed by atoms with Crippen molar-refractivity contribution >= 4 is 22.8 Å². The van der Waals surface area contributed by atoms with E-state index in [4.69, 9.17) is 10.3 Å². The summed E-state index contributed by atoms with van der Waals surface area (Å²) in [7, 11) is 1.49. The molecule has 20 heavy (non-hydrogen) atoms. The molecule has 5 heteroatoms. The molecule has 1 aliphatic carbocycles. The van der Waals surface area contributed by atoms with Crippen LogP contribution in [0, 0.1) is 19.4 Å². The van der Waals surface area contributed by atoms with Crippen LogP contribution in [-0.4, -0.2) is 18.7 Å². The van der Waals surface area contributed by atoms with E-state index in [1.165, 1.54) is 25.3 Å². The summed E-state index contributed by atoms with van der Waals surface area (Å²) in [6.07, 6.45) is 3.80. The maximum atomic E-state index is 12.0. The molecule has 0 saturated carbocycles. The van der Waals surface area contributed by atoms with E-state index in [1.54, 1.807) is 19.9 Å². The summed E-state index contributed by atoms with van der Waals surface area (Å²) < 4.78 is 5.34. The molecule has 1 aromatic rings. The van der Waals surface area contributed by atoms with Gasteiger partial charge < -0.3 is 4.74 Å². The lowest BCUT2D eigenvalue weighted by Gasteiger charge is -2.17. The third-order valence-corrected chi connectivity index (χ3v) is 3.23. The molecule has 1 aliphatic rings. The predicted molar refractivity (Wildman–Crippen MR) is 74.4 cm³/mol. The van der Waals surface area contributed by atoms with Crippen LogP contribution >= 0.6 is 0 Å². The number of hydrogen-bond acceptors (Lipinski definition) is 5. The molecule has 0 bridgehead atoms. The third-order valence-electron chi connectivity index (χ3n) is 3.23. The molecule has 0 atom stereocenters. The number of nitrogens with one attached hydrogen (secondary N) is 1. The van der Waals surface area contributed by atoms with Crippen molar-refractivity contribution in [2.75, 3.05) is 7.11 Å². The van der Waals surface area contributed by atoms with Gasteiger partial charge in [0.05, 0.1) is 12.8 Å². The van der Waals surface area contributed by atoms with Crippen molar-refractivity contribution in [3.05, 3.63) is 41.0 Å². The molecule has 0 fully saturated rings. The number of carbonyl (C=O) groups is 2. The minimum absolute atomic E-state index is 0.230. The first kappa shape index (κ1) is 13.9. The molecule has 0 amide bonds. The summed E-state index contributed by atoms with van der Waals surface area (Å²) in [5.41, 5.74) is 10.0. The maximum Gasteiger partial charge on any atom is 0.186 e. The molecule has 0 saturated heterocycles. The summed E-state index contributed by atoms with van der Waals surface area (Å²) in [5, 5.41) is 3.48. The molecule has 102 valence electrons. The van der Waals surface area contributed by atoms with Crippen molar-refractivity contribution in [1.29, 1.82) is 5.53 Å². The Morgan fingerprint density at radius 3 is 2.50 bits per heavy atom. The van der Waals surface area contributed by atoms with Crippen molar-refractivity contribution in [3.63, 3.8) is 0 Å². The van der Waals surface area contributed by atoms with Crippen molar-refractivity contribution in [2.24, 2.45) is 5.11 Å². The van der Waals surface area contributed by atoms with Gasteiger partial charge in [0.15, 0.2) is 11.6 Å². The van der Waals surface area contributed by atoms with Crippen LogP contribution in [0.4, 0.5) is 5.69 Å². The number of ketones is 2. The van der Waals surface area contributed by atoms with Crippen molar-refractivity contribution in [1.82, 2.24) is 0 Å². The van der Waals surface area contributed by atoms with Gasteiger partial charge in [-0.3, -0.25) is 9.59 Å². The molecule has 5 nitrogen and oxygen atoms in total. The zero-order chi connectivity index (χ0) is 14.9. The Hall–Kier alpha value is -2.56. The van der Waals surface area contributed by atoms with Gasteiger partial charge in [-0.05, 0) is 43.7 Å². The largest absolute Gasteiger partial charge is 0.496 e.